The minimum atomic E-state index is -0.854. The van der Waals surface area contributed by atoms with E-state index in [4.69, 9.17) is 5.11 Å². The van der Waals surface area contributed by atoms with Gasteiger partial charge in [-0.2, -0.15) is 12.6 Å². The monoisotopic (exact) mass is 189 g/mol. The van der Waals surface area contributed by atoms with Crippen LogP contribution in [0.15, 0.2) is 11.6 Å². The molecule has 0 unspecified atom stereocenters. The third-order valence-electron chi connectivity index (χ3n) is 1.36. The fourth-order valence-electron chi connectivity index (χ4n) is 0.635. The lowest BCUT2D eigenvalue weighted by molar-refractivity contribution is -0.138. The Bertz CT molecular complexity index is 176. The summed E-state index contributed by atoms with van der Waals surface area (Å²) in [6.45, 7) is 4.52. The van der Waals surface area contributed by atoms with Crippen LogP contribution in [0.3, 0.4) is 0 Å². The number of rotatable bonds is 5. The third-order valence-corrected chi connectivity index (χ3v) is 1.72. The van der Waals surface area contributed by atoms with Crippen molar-refractivity contribution in [3.8, 4) is 0 Å². The van der Waals surface area contributed by atoms with Crippen LogP contribution < -0.4 is 5.32 Å². The predicted molar refractivity (Wildman–Crippen MR) is 52.7 cm³/mol. The second-order valence-corrected chi connectivity index (χ2v) is 3.13. The summed E-state index contributed by atoms with van der Waals surface area (Å²) in [7, 11) is 0. The van der Waals surface area contributed by atoms with Crippen molar-refractivity contribution in [3.63, 3.8) is 0 Å². The average Bonchev–Trinajstić information content (AvgIpc) is 1.96. The number of allylic oxidation sites excluding steroid dienone is 1. The molecule has 0 aromatic carbocycles. The van der Waals surface area contributed by atoms with Gasteiger partial charge in [-0.15, -0.1) is 0 Å². The highest BCUT2D eigenvalue weighted by Gasteiger charge is 2.12. The Kier molecular flexibility index (Phi) is 5.84. The number of nitrogens with one attached hydrogen (secondary N) is 1. The van der Waals surface area contributed by atoms with Crippen molar-refractivity contribution in [3.05, 3.63) is 11.6 Å². The van der Waals surface area contributed by atoms with Crippen LogP contribution in [0.1, 0.15) is 13.8 Å². The Morgan fingerprint density at radius 3 is 2.58 bits per heavy atom. The van der Waals surface area contributed by atoms with Crippen LogP contribution in [0, 0.1) is 0 Å². The lowest BCUT2D eigenvalue weighted by Gasteiger charge is -2.09. The zero-order chi connectivity index (χ0) is 9.56. The first kappa shape index (κ1) is 11.5. The van der Waals surface area contributed by atoms with Crippen LogP contribution in [0.2, 0.25) is 0 Å². The average molecular weight is 189 g/mol. The zero-order valence-electron chi connectivity index (χ0n) is 7.37. The second-order valence-electron chi connectivity index (χ2n) is 2.76. The minimum absolute atomic E-state index is 0.311. The molecule has 0 saturated carbocycles. The molecule has 0 aliphatic rings. The molecule has 1 atom stereocenters. The van der Waals surface area contributed by atoms with E-state index in [-0.39, 0.29) is 0 Å². The summed E-state index contributed by atoms with van der Waals surface area (Å²) in [6, 6.07) is -0.552. The van der Waals surface area contributed by atoms with Gasteiger partial charge in [-0.1, -0.05) is 11.6 Å². The lowest BCUT2D eigenvalue weighted by Crippen LogP contribution is -2.38. The highest BCUT2D eigenvalue weighted by atomic mass is 32.1. The summed E-state index contributed by atoms with van der Waals surface area (Å²) in [4.78, 5) is 10.5. The Hall–Kier alpha value is -0.480. The van der Waals surface area contributed by atoms with Crippen LogP contribution >= 0.6 is 12.6 Å². The molecule has 0 heterocycles. The first-order chi connectivity index (χ1) is 5.57. The molecule has 0 spiro atoms. The minimum Gasteiger partial charge on any atom is -0.480 e. The lowest BCUT2D eigenvalue weighted by atomic mass is 10.3. The van der Waals surface area contributed by atoms with Gasteiger partial charge in [0.05, 0.1) is 0 Å². The smallest absolute Gasteiger partial charge is 0.321 e. The van der Waals surface area contributed by atoms with Gasteiger partial charge in [-0.3, -0.25) is 4.79 Å². The topological polar surface area (TPSA) is 49.3 Å². The fraction of sp³-hybridized carbons (Fsp3) is 0.625. The maximum atomic E-state index is 10.5. The Labute approximate surface area is 78.3 Å². The predicted octanol–water partition coefficient (Wildman–Crippen LogP) is 0.925. The fourth-order valence-corrected chi connectivity index (χ4v) is 0.921. The van der Waals surface area contributed by atoms with E-state index in [1.165, 1.54) is 5.57 Å². The molecular weight excluding hydrogens is 174 g/mol. The van der Waals surface area contributed by atoms with Gasteiger partial charge in [0, 0.05) is 12.3 Å². The van der Waals surface area contributed by atoms with E-state index < -0.39 is 12.0 Å². The van der Waals surface area contributed by atoms with E-state index >= 15 is 0 Å². The molecule has 70 valence electrons. The zero-order valence-corrected chi connectivity index (χ0v) is 8.27. The maximum Gasteiger partial charge on any atom is 0.321 e. The maximum absolute atomic E-state index is 10.5. The third kappa shape index (κ3) is 5.21. The van der Waals surface area contributed by atoms with E-state index in [0.717, 1.165) is 0 Å². The molecular formula is C8H15NO2S. The molecule has 0 bridgehead atoms. The molecule has 0 saturated heterocycles. The van der Waals surface area contributed by atoms with Crippen molar-refractivity contribution in [1.29, 1.82) is 0 Å². The van der Waals surface area contributed by atoms with Crippen molar-refractivity contribution in [2.45, 2.75) is 19.9 Å². The molecule has 2 N–H and O–H groups in total. The number of aliphatic carboxylic acids is 1. The standard InChI is InChI=1S/C8H15NO2S/c1-6(2)3-4-9-7(5-12)8(10)11/h3,7,9,12H,4-5H2,1-2H3,(H,10,11)/t7-/m1/s1. The van der Waals surface area contributed by atoms with E-state index in [1.54, 1.807) is 0 Å². The highest BCUT2D eigenvalue weighted by molar-refractivity contribution is 7.80. The molecule has 0 radical (unpaired) electrons. The number of carbonyl (C=O) groups is 1. The summed E-state index contributed by atoms with van der Waals surface area (Å²) >= 11 is 3.92. The van der Waals surface area contributed by atoms with Gasteiger partial charge >= 0.3 is 5.97 Å². The summed E-state index contributed by atoms with van der Waals surface area (Å²) < 4.78 is 0. The van der Waals surface area contributed by atoms with Crippen LogP contribution in [0.4, 0.5) is 0 Å². The normalized spacial score (nSPS) is 12.2. The quantitative estimate of drug-likeness (QED) is 0.445. The molecule has 3 nitrogen and oxygen atoms in total. The number of carboxylic acid groups (broad SMARTS) is 1. The van der Waals surface area contributed by atoms with E-state index in [1.807, 2.05) is 19.9 Å². The molecule has 0 rings (SSSR count). The van der Waals surface area contributed by atoms with Crippen LogP contribution in [0.25, 0.3) is 0 Å². The number of hydrogen-bond acceptors (Lipinski definition) is 3. The Morgan fingerprint density at radius 2 is 2.25 bits per heavy atom. The van der Waals surface area contributed by atoms with E-state index in [0.29, 0.717) is 12.3 Å². The Balaban J connectivity index is 3.74. The first-order valence-electron chi connectivity index (χ1n) is 3.78. The van der Waals surface area contributed by atoms with Gasteiger partial charge in [-0.05, 0) is 13.8 Å². The first-order valence-corrected chi connectivity index (χ1v) is 4.41. The number of thiol groups is 1. The highest BCUT2D eigenvalue weighted by Crippen LogP contribution is 1.90. The summed E-state index contributed by atoms with van der Waals surface area (Å²) in [6.07, 6.45) is 1.94. The number of carboxylic acids is 1. The molecule has 12 heavy (non-hydrogen) atoms. The summed E-state index contributed by atoms with van der Waals surface area (Å²) in [5.74, 6) is -0.543. The number of hydrogen-bond donors (Lipinski definition) is 3. The van der Waals surface area contributed by atoms with Gasteiger partial charge in [-0.25, -0.2) is 0 Å². The molecule has 0 fully saturated rings. The largest absolute Gasteiger partial charge is 0.480 e. The van der Waals surface area contributed by atoms with E-state index in [2.05, 4.69) is 17.9 Å². The van der Waals surface area contributed by atoms with Gasteiger partial charge in [0.2, 0.25) is 0 Å². The van der Waals surface area contributed by atoms with Gasteiger partial charge in [0.15, 0.2) is 0 Å². The van der Waals surface area contributed by atoms with Gasteiger partial charge in [0.1, 0.15) is 6.04 Å². The van der Waals surface area contributed by atoms with Crippen molar-refractivity contribution >= 4 is 18.6 Å². The molecule has 0 aromatic heterocycles. The van der Waals surface area contributed by atoms with Crippen molar-refractivity contribution in [2.75, 3.05) is 12.3 Å². The van der Waals surface area contributed by atoms with Crippen LogP contribution in [-0.2, 0) is 4.79 Å². The SMILES string of the molecule is CC(C)=CCN[C@H](CS)C(=O)O. The van der Waals surface area contributed by atoms with Crippen LogP contribution in [0.5, 0.6) is 0 Å². The Morgan fingerprint density at radius 1 is 1.67 bits per heavy atom. The van der Waals surface area contributed by atoms with Gasteiger partial charge in [0.25, 0.3) is 0 Å². The summed E-state index contributed by atoms with van der Waals surface area (Å²) in [5.41, 5.74) is 1.17. The van der Waals surface area contributed by atoms with Crippen molar-refractivity contribution < 1.29 is 9.90 Å². The molecule has 4 heteroatoms. The second kappa shape index (κ2) is 6.08. The van der Waals surface area contributed by atoms with E-state index in [9.17, 15) is 4.79 Å². The van der Waals surface area contributed by atoms with Crippen molar-refractivity contribution in [1.82, 2.24) is 5.32 Å². The summed E-state index contributed by atoms with van der Waals surface area (Å²) in [5, 5.41) is 11.5. The molecule has 0 aliphatic heterocycles. The van der Waals surface area contributed by atoms with Crippen LogP contribution in [-0.4, -0.2) is 29.4 Å². The molecule has 0 amide bonds. The molecule has 0 aliphatic carbocycles. The van der Waals surface area contributed by atoms with Gasteiger partial charge < -0.3 is 10.4 Å². The van der Waals surface area contributed by atoms with Crippen molar-refractivity contribution in [2.24, 2.45) is 0 Å². The molecule has 0 aromatic rings.